The van der Waals surface area contributed by atoms with Crippen LogP contribution < -0.4 is 15.5 Å². The maximum Gasteiger partial charge on any atom is 0.279 e. The lowest BCUT2D eigenvalue weighted by molar-refractivity contribution is -0.862. The van der Waals surface area contributed by atoms with Gasteiger partial charge in [0, 0.05) is 19.8 Å². The predicted octanol–water partition coefficient (Wildman–Crippen LogP) is 0.789. The topological polar surface area (TPSA) is 83.0 Å². The normalized spacial score (nSPS) is 11.4. The minimum Gasteiger partial charge on any atom is -0.344 e. The van der Waals surface area contributed by atoms with Gasteiger partial charge in [0.1, 0.15) is 0 Å². The maximum absolute atomic E-state index is 12.7. The van der Waals surface area contributed by atoms with Crippen molar-refractivity contribution in [3.8, 4) is 0 Å². The van der Waals surface area contributed by atoms with E-state index in [0.717, 1.165) is 10.5 Å². The highest BCUT2D eigenvalue weighted by Crippen LogP contribution is 2.18. The Balaban J connectivity index is 2.03. The van der Waals surface area contributed by atoms with E-state index in [0.29, 0.717) is 16.9 Å². The number of para-hydroxylation sites is 1. The second-order valence-corrected chi connectivity index (χ2v) is 7.02. The van der Waals surface area contributed by atoms with Crippen LogP contribution in [0.25, 0.3) is 0 Å². The van der Waals surface area contributed by atoms with Gasteiger partial charge < -0.3 is 20.4 Å². The summed E-state index contributed by atoms with van der Waals surface area (Å²) in [7, 11) is 5.13. The summed E-state index contributed by atoms with van der Waals surface area (Å²) >= 11 is 0. The van der Waals surface area contributed by atoms with E-state index in [9.17, 15) is 14.4 Å². The Morgan fingerprint density at radius 1 is 0.964 bits per heavy atom. The molecule has 0 bridgehead atoms. The van der Waals surface area contributed by atoms with Gasteiger partial charge in [-0.05, 0) is 36.8 Å². The van der Waals surface area contributed by atoms with Crippen LogP contribution in [-0.4, -0.2) is 56.9 Å². The first-order valence-corrected chi connectivity index (χ1v) is 9.04. The standard InChI is InChI=1S/C21H26N4O3/c1-15-8-7-9-16(12-15)22-21(28)17-10-5-6-11-18(17)23-19(26)13-25(4)14-20(27)24(2)3/h5-12H,13-14H2,1-4H3,(H,22,28)(H,23,26)/p+1. The fourth-order valence-electron chi connectivity index (χ4n) is 2.66. The van der Waals surface area contributed by atoms with Crippen LogP contribution in [0.3, 0.4) is 0 Å². The van der Waals surface area contributed by atoms with Gasteiger partial charge in [-0.25, -0.2) is 0 Å². The van der Waals surface area contributed by atoms with Gasteiger partial charge in [-0.2, -0.15) is 0 Å². The van der Waals surface area contributed by atoms with Gasteiger partial charge in [0.2, 0.25) is 0 Å². The predicted molar refractivity (Wildman–Crippen MR) is 110 cm³/mol. The molecule has 2 rings (SSSR count). The monoisotopic (exact) mass is 383 g/mol. The van der Waals surface area contributed by atoms with Crippen molar-refractivity contribution >= 4 is 29.1 Å². The second-order valence-electron chi connectivity index (χ2n) is 7.02. The summed E-state index contributed by atoms with van der Waals surface area (Å²) in [5.41, 5.74) is 2.54. The molecule has 1 unspecified atom stereocenters. The molecule has 0 aliphatic rings. The van der Waals surface area contributed by atoms with Crippen molar-refractivity contribution in [1.29, 1.82) is 0 Å². The average Bonchev–Trinajstić information content (AvgIpc) is 2.61. The minimum atomic E-state index is -0.301. The molecule has 2 aromatic rings. The van der Waals surface area contributed by atoms with Gasteiger partial charge in [0.15, 0.2) is 13.1 Å². The van der Waals surface area contributed by atoms with Gasteiger partial charge in [-0.1, -0.05) is 24.3 Å². The number of likely N-dealkylation sites (N-methyl/N-ethyl adjacent to an activating group) is 2. The molecule has 0 heterocycles. The lowest BCUT2D eigenvalue weighted by Crippen LogP contribution is -3.11. The smallest absolute Gasteiger partial charge is 0.279 e. The van der Waals surface area contributed by atoms with E-state index >= 15 is 0 Å². The summed E-state index contributed by atoms with van der Waals surface area (Å²) in [5, 5.41) is 5.62. The Hall–Kier alpha value is -3.19. The number of aryl methyl sites for hydroxylation is 1. The number of nitrogens with one attached hydrogen (secondary N) is 3. The third-order valence-corrected chi connectivity index (χ3v) is 4.14. The molecule has 148 valence electrons. The first kappa shape index (κ1) is 21.1. The molecule has 0 aromatic heterocycles. The van der Waals surface area contributed by atoms with Crippen LogP contribution in [0.2, 0.25) is 0 Å². The zero-order valence-corrected chi connectivity index (χ0v) is 16.7. The van der Waals surface area contributed by atoms with Crippen molar-refractivity contribution in [3.63, 3.8) is 0 Å². The fraction of sp³-hybridized carbons (Fsp3) is 0.286. The first-order chi connectivity index (χ1) is 13.3. The molecule has 28 heavy (non-hydrogen) atoms. The van der Waals surface area contributed by atoms with Crippen LogP contribution in [0.15, 0.2) is 48.5 Å². The lowest BCUT2D eigenvalue weighted by Gasteiger charge is -2.17. The van der Waals surface area contributed by atoms with Crippen LogP contribution in [0, 0.1) is 6.92 Å². The number of benzene rings is 2. The van der Waals surface area contributed by atoms with E-state index in [1.54, 1.807) is 45.4 Å². The Morgan fingerprint density at radius 3 is 2.36 bits per heavy atom. The van der Waals surface area contributed by atoms with E-state index < -0.39 is 0 Å². The van der Waals surface area contributed by atoms with Crippen LogP contribution in [0.1, 0.15) is 15.9 Å². The molecule has 7 nitrogen and oxygen atoms in total. The SMILES string of the molecule is Cc1cccc(NC(=O)c2ccccc2NC(=O)C[NH+](C)CC(=O)N(C)C)c1. The highest BCUT2D eigenvalue weighted by atomic mass is 16.2. The lowest BCUT2D eigenvalue weighted by atomic mass is 10.1. The van der Waals surface area contributed by atoms with Crippen LogP contribution in [0.4, 0.5) is 11.4 Å². The number of amides is 3. The molecule has 3 N–H and O–H groups in total. The summed E-state index contributed by atoms with van der Waals surface area (Å²) in [6.07, 6.45) is 0. The molecule has 2 aromatic carbocycles. The first-order valence-electron chi connectivity index (χ1n) is 9.04. The second kappa shape index (κ2) is 9.66. The van der Waals surface area contributed by atoms with E-state index in [-0.39, 0.29) is 30.8 Å². The number of hydrogen-bond acceptors (Lipinski definition) is 3. The third-order valence-electron chi connectivity index (χ3n) is 4.14. The molecule has 0 saturated heterocycles. The summed E-state index contributed by atoms with van der Waals surface area (Å²) in [6.45, 7) is 2.28. The van der Waals surface area contributed by atoms with Crippen LogP contribution in [-0.2, 0) is 9.59 Å². The zero-order valence-electron chi connectivity index (χ0n) is 16.7. The molecular formula is C21H27N4O3+. The number of carbonyl (C=O) groups excluding carboxylic acids is 3. The van der Waals surface area contributed by atoms with E-state index in [4.69, 9.17) is 0 Å². The number of anilines is 2. The quantitative estimate of drug-likeness (QED) is 0.661. The molecule has 0 aliphatic heterocycles. The number of quaternary nitrogens is 1. The van der Waals surface area contributed by atoms with Crippen molar-refractivity contribution in [2.24, 2.45) is 0 Å². The van der Waals surface area contributed by atoms with Gasteiger partial charge >= 0.3 is 0 Å². The molecule has 0 radical (unpaired) electrons. The molecule has 0 saturated carbocycles. The molecule has 3 amide bonds. The van der Waals surface area contributed by atoms with Crippen molar-refractivity contribution in [2.75, 3.05) is 44.9 Å². The summed E-state index contributed by atoms with van der Waals surface area (Å²) in [6, 6.07) is 14.3. The minimum absolute atomic E-state index is 0.0526. The number of hydrogen-bond donors (Lipinski definition) is 3. The molecule has 0 aliphatic carbocycles. The molecular weight excluding hydrogens is 356 g/mol. The zero-order chi connectivity index (χ0) is 20.7. The van der Waals surface area contributed by atoms with E-state index in [1.165, 1.54) is 4.90 Å². The summed E-state index contributed by atoms with van der Waals surface area (Å²) in [5.74, 6) is -0.618. The van der Waals surface area contributed by atoms with Crippen LogP contribution in [0.5, 0.6) is 0 Å². The Kier molecular flexibility index (Phi) is 7.28. The van der Waals surface area contributed by atoms with Crippen molar-refractivity contribution in [3.05, 3.63) is 59.7 Å². The number of nitrogens with zero attached hydrogens (tertiary/aromatic N) is 1. The Labute approximate surface area is 165 Å². The molecule has 0 spiro atoms. The molecule has 1 atom stereocenters. The molecule has 7 heteroatoms. The summed E-state index contributed by atoms with van der Waals surface area (Å²) in [4.78, 5) is 39.0. The van der Waals surface area contributed by atoms with Gasteiger partial charge in [0.25, 0.3) is 17.7 Å². The number of rotatable bonds is 7. The van der Waals surface area contributed by atoms with Gasteiger partial charge in [0.05, 0.1) is 18.3 Å². The maximum atomic E-state index is 12.7. The van der Waals surface area contributed by atoms with Crippen LogP contribution >= 0.6 is 0 Å². The van der Waals surface area contributed by atoms with Crippen molar-refractivity contribution < 1.29 is 19.3 Å². The summed E-state index contributed by atoms with van der Waals surface area (Å²) < 4.78 is 0. The van der Waals surface area contributed by atoms with Gasteiger partial charge in [-0.3, -0.25) is 14.4 Å². The molecule has 0 fully saturated rings. The van der Waals surface area contributed by atoms with Crippen molar-refractivity contribution in [1.82, 2.24) is 4.90 Å². The van der Waals surface area contributed by atoms with Crippen molar-refractivity contribution in [2.45, 2.75) is 6.92 Å². The Bertz CT molecular complexity index is 864. The van der Waals surface area contributed by atoms with E-state index in [1.807, 2.05) is 31.2 Å². The highest BCUT2D eigenvalue weighted by Gasteiger charge is 2.18. The third kappa shape index (κ3) is 6.21. The Morgan fingerprint density at radius 2 is 1.68 bits per heavy atom. The van der Waals surface area contributed by atoms with Gasteiger partial charge in [-0.15, -0.1) is 0 Å². The van der Waals surface area contributed by atoms with E-state index in [2.05, 4.69) is 10.6 Å². The fourth-order valence-corrected chi connectivity index (χ4v) is 2.66. The highest BCUT2D eigenvalue weighted by molar-refractivity contribution is 6.10. The largest absolute Gasteiger partial charge is 0.344 e. The number of carbonyl (C=O) groups is 3. The average molecular weight is 383 g/mol.